The summed E-state index contributed by atoms with van der Waals surface area (Å²) in [7, 11) is 0. The fourth-order valence-electron chi connectivity index (χ4n) is 1.14. The molecule has 0 atom stereocenters. The van der Waals surface area contributed by atoms with E-state index in [4.69, 9.17) is 5.73 Å². The number of rotatable bonds is 1. The summed E-state index contributed by atoms with van der Waals surface area (Å²) < 4.78 is 0. The van der Waals surface area contributed by atoms with Gasteiger partial charge in [-0.25, -0.2) is 0 Å². The van der Waals surface area contributed by atoms with E-state index >= 15 is 0 Å². The SMILES string of the molecule is Cc1cc(C#CCBr)cc([N+](=O)[O-])c1N. The Bertz CT molecular complexity index is 460. The molecule has 0 heterocycles. The number of nitrogens with zero attached hydrogens (tertiary/aromatic N) is 1. The Balaban J connectivity index is 3.29. The van der Waals surface area contributed by atoms with Gasteiger partial charge in [0.05, 0.1) is 10.3 Å². The van der Waals surface area contributed by atoms with Gasteiger partial charge in [0.2, 0.25) is 0 Å². The van der Waals surface area contributed by atoms with Crippen molar-refractivity contribution in [3.8, 4) is 11.8 Å². The number of hydrogen-bond donors (Lipinski definition) is 1. The summed E-state index contributed by atoms with van der Waals surface area (Å²) in [6.07, 6.45) is 0. The van der Waals surface area contributed by atoms with Gasteiger partial charge < -0.3 is 5.73 Å². The van der Waals surface area contributed by atoms with Gasteiger partial charge in [0.25, 0.3) is 5.69 Å². The fourth-order valence-corrected chi connectivity index (χ4v) is 1.28. The number of aryl methyl sites for hydroxylation is 1. The number of nitrogen functional groups attached to an aromatic ring is 1. The lowest BCUT2D eigenvalue weighted by Gasteiger charge is -2.01. The van der Waals surface area contributed by atoms with E-state index in [1.54, 1.807) is 13.0 Å². The van der Waals surface area contributed by atoms with Gasteiger partial charge in [-0.3, -0.25) is 10.1 Å². The van der Waals surface area contributed by atoms with Crippen LogP contribution in [-0.2, 0) is 0 Å². The lowest BCUT2D eigenvalue weighted by Crippen LogP contribution is -1.98. The monoisotopic (exact) mass is 268 g/mol. The van der Waals surface area contributed by atoms with Crippen molar-refractivity contribution in [3.05, 3.63) is 33.4 Å². The van der Waals surface area contributed by atoms with Gasteiger partial charge in [0, 0.05) is 11.6 Å². The van der Waals surface area contributed by atoms with Gasteiger partial charge in [-0.1, -0.05) is 27.8 Å². The zero-order valence-electron chi connectivity index (χ0n) is 8.08. The molecule has 1 rings (SSSR count). The van der Waals surface area contributed by atoms with E-state index in [1.165, 1.54) is 6.07 Å². The number of benzene rings is 1. The molecule has 15 heavy (non-hydrogen) atoms. The number of nitro groups is 1. The Morgan fingerprint density at radius 1 is 1.60 bits per heavy atom. The third kappa shape index (κ3) is 2.70. The van der Waals surface area contributed by atoms with Crippen molar-refractivity contribution < 1.29 is 4.92 Å². The van der Waals surface area contributed by atoms with Crippen LogP contribution in [0.5, 0.6) is 0 Å². The Morgan fingerprint density at radius 2 is 2.27 bits per heavy atom. The van der Waals surface area contributed by atoms with E-state index in [2.05, 4.69) is 27.8 Å². The topological polar surface area (TPSA) is 69.2 Å². The number of hydrogen-bond acceptors (Lipinski definition) is 3. The van der Waals surface area contributed by atoms with Crippen LogP contribution in [-0.4, -0.2) is 10.3 Å². The minimum atomic E-state index is -0.498. The summed E-state index contributed by atoms with van der Waals surface area (Å²) in [4.78, 5) is 10.2. The largest absolute Gasteiger partial charge is 0.393 e. The van der Waals surface area contributed by atoms with E-state index in [9.17, 15) is 10.1 Å². The second kappa shape index (κ2) is 4.80. The summed E-state index contributed by atoms with van der Waals surface area (Å²) >= 11 is 3.16. The van der Waals surface area contributed by atoms with E-state index in [1.807, 2.05) is 0 Å². The van der Waals surface area contributed by atoms with Crippen LogP contribution in [0, 0.1) is 28.9 Å². The van der Waals surface area contributed by atoms with Gasteiger partial charge in [-0.05, 0) is 18.6 Å². The average Bonchev–Trinajstić information content (AvgIpc) is 2.19. The van der Waals surface area contributed by atoms with Crippen molar-refractivity contribution in [2.45, 2.75) is 6.92 Å². The highest BCUT2D eigenvalue weighted by Crippen LogP contribution is 2.26. The molecular weight excluding hydrogens is 260 g/mol. The Kier molecular flexibility index (Phi) is 3.69. The fraction of sp³-hybridized carbons (Fsp3) is 0.200. The highest BCUT2D eigenvalue weighted by atomic mass is 79.9. The maximum absolute atomic E-state index is 10.7. The Morgan fingerprint density at radius 3 is 2.80 bits per heavy atom. The van der Waals surface area contributed by atoms with Crippen LogP contribution in [0.4, 0.5) is 11.4 Å². The summed E-state index contributed by atoms with van der Waals surface area (Å²) in [6.45, 7) is 1.72. The van der Waals surface area contributed by atoms with E-state index in [0.29, 0.717) is 16.5 Å². The predicted octanol–water partition coefficient (Wildman–Crippen LogP) is 2.23. The molecule has 4 nitrogen and oxygen atoms in total. The molecule has 78 valence electrons. The van der Waals surface area contributed by atoms with Crippen LogP contribution >= 0.6 is 15.9 Å². The number of alkyl halides is 1. The smallest absolute Gasteiger partial charge is 0.293 e. The molecule has 0 unspecified atom stereocenters. The molecule has 0 saturated heterocycles. The first-order valence-electron chi connectivity index (χ1n) is 4.15. The highest BCUT2D eigenvalue weighted by Gasteiger charge is 2.14. The molecule has 2 N–H and O–H groups in total. The first-order chi connectivity index (χ1) is 7.06. The molecule has 0 amide bonds. The Hall–Kier alpha value is -1.54. The molecule has 0 fully saturated rings. The molecular formula is C10H9BrN2O2. The van der Waals surface area contributed by atoms with Gasteiger partial charge in [0.1, 0.15) is 5.69 Å². The van der Waals surface area contributed by atoms with Crippen LogP contribution in [0.2, 0.25) is 0 Å². The van der Waals surface area contributed by atoms with Crippen molar-refractivity contribution >= 4 is 27.3 Å². The van der Waals surface area contributed by atoms with Crippen LogP contribution in [0.1, 0.15) is 11.1 Å². The maximum Gasteiger partial charge on any atom is 0.293 e. The summed E-state index contributed by atoms with van der Waals surface area (Å²) in [5.41, 5.74) is 6.97. The zero-order valence-corrected chi connectivity index (χ0v) is 9.67. The lowest BCUT2D eigenvalue weighted by atomic mass is 10.1. The standard InChI is InChI=1S/C10H9BrN2O2/c1-7-5-8(3-2-4-11)6-9(10(7)12)13(14)15/h5-6H,4,12H2,1H3. The molecule has 0 aliphatic heterocycles. The number of nitrogens with two attached hydrogens (primary N) is 1. The third-order valence-corrected chi connectivity index (χ3v) is 2.14. The normalized spacial score (nSPS) is 9.20. The molecule has 0 aliphatic rings. The number of nitro benzene ring substituents is 1. The molecule has 0 radical (unpaired) electrons. The molecule has 1 aromatic carbocycles. The summed E-state index contributed by atoms with van der Waals surface area (Å²) in [5, 5.41) is 11.2. The van der Waals surface area contributed by atoms with Crippen molar-refractivity contribution in [2.75, 3.05) is 11.1 Å². The van der Waals surface area contributed by atoms with Crippen molar-refractivity contribution in [2.24, 2.45) is 0 Å². The molecule has 0 aliphatic carbocycles. The molecule has 1 aromatic rings. The zero-order chi connectivity index (χ0) is 11.4. The van der Waals surface area contributed by atoms with Gasteiger partial charge in [0.15, 0.2) is 0 Å². The number of anilines is 1. The van der Waals surface area contributed by atoms with Gasteiger partial charge >= 0.3 is 0 Å². The van der Waals surface area contributed by atoms with Crippen LogP contribution in [0.25, 0.3) is 0 Å². The average molecular weight is 269 g/mol. The van der Waals surface area contributed by atoms with E-state index in [-0.39, 0.29) is 11.4 Å². The molecule has 0 saturated carbocycles. The van der Waals surface area contributed by atoms with E-state index < -0.39 is 4.92 Å². The van der Waals surface area contributed by atoms with Crippen molar-refractivity contribution in [1.29, 1.82) is 0 Å². The highest BCUT2D eigenvalue weighted by molar-refractivity contribution is 9.09. The van der Waals surface area contributed by atoms with Gasteiger partial charge in [-0.2, -0.15) is 0 Å². The van der Waals surface area contributed by atoms with Crippen molar-refractivity contribution in [3.63, 3.8) is 0 Å². The van der Waals surface area contributed by atoms with Crippen LogP contribution in [0.3, 0.4) is 0 Å². The quantitative estimate of drug-likeness (QED) is 0.279. The molecule has 5 heteroatoms. The maximum atomic E-state index is 10.7. The van der Waals surface area contributed by atoms with Gasteiger partial charge in [-0.15, -0.1) is 0 Å². The first kappa shape index (κ1) is 11.5. The molecule has 0 spiro atoms. The lowest BCUT2D eigenvalue weighted by molar-refractivity contribution is -0.383. The molecule has 0 aromatic heterocycles. The molecule has 0 bridgehead atoms. The van der Waals surface area contributed by atoms with E-state index in [0.717, 1.165) is 0 Å². The third-order valence-electron chi connectivity index (χ3n) is 1.86. The number of halogens is 1. The minimum absolute atomic E-state index is 0.0890. The van der Waals surface area contributed by atoms with Crippen LogP contribution in [0.15, 0.2) is 12.1 Å². The Labute approximate surface area is 95.8 Å². The summed E-state index contributed by atoms with van der Waals surface area (Å²) in [6, 6.07) is 3.12. The van der Waals surface area contributed by atoms with Crippen molar-refractivity contribution in [1.82, 2.24) is 0 Å². The van der Waals surface area contributed by atoms with Crippen LogP contribution < -0.4 is 5.73 Å². The second-order valence-electron chi connectivity index (χ2n) is 2.92. The predicted molar refractivity (Wildman–Crippen MR) is 62.9 cm³/mol. The first-order valence-corrected chi connectivity index (χ1v) is 5.27. The minimum Gasteiger partial charge on any atom is -0.393 e. The summed E-state index contributed by atoms with van der Waals surface area (Å²) in [5.74, 6) is 5.58. The second-order valence-corrected chi connectivity index (χ2v) is 3.48.